The van der Waals surface area contributed by atoms with Gasteiger partial charge in [-0.2, -0.15) is 0 Å². The number of aromatic amines is 1. The van der Waals surface area contributed by atoms with Gasteiger partial charge in [0.2, 0.25) is 0 Å². The number of nitrogens with one attached hydrogen (secondary N) is 1. The van der Waals surface area contributed by atoms with Crippen molar-refractivity contribution in [2.24, 2.45) is 5.16 Å². The molecule has 1 fully saturated rings. The maximum absolute atomic E-state index is 11.7. The summed E-state index contributed by atoms with van der Waals surface area (Å²) < 4.78 is 6.36. The van der Waals surface area contributed by atoms with Crippen LogP contribution in [0.2, 0.25) is 0 Å². The molecule has 1 saturated heterocycles. The number of hydrogen-bond donors (Lipinski definition) is 4. The third kappa shape index (κ3) is 2.57. The Bertz CT molecular complexity index is 592. The lowest BCUT2D eigenvalue weighted by Gasteiger charge is -2.14. The van der Waals surface area contributed by atoms with Gasteiger partial charge in [0.1, 0.15) is 12.3 Å². The molecule has 0 radical (unpaired) electrons. The van der Waals surface area contributed by atoms with E-state index in [4.69, 9.17) is 15.1 Å². The predicted octanol–water partition coefficient (Wildman–Crippen LogP) is -2.01. The molecule has 9 nitrogen and oxygen atoms in total. The summed E-state index contributed by atoms with van der Waals surface area (Å²) in [5, 5.41) is 29.7. The molecule has 1 aromatic heterocycles. The van der Waals surface area contributed by atoms with E-state index in [1.54, 1.807) is 0 Å². The van der Waals surface area contributed by atoms with E-state index in [1.165, 1.54) is 0 Å². The van der Waals surface area contributed by atoms with Crippen LogP contribution in [0, 0.1) is 0 Å². The number of aliphatic hydroxyl groups is 2. The summed E-state index contributed by atoms with van der Waals surface area (Å²) in [7, 11) is 0. The number of nitrogens with zero attached hydrogens (tertiary/aromatic N) is 2. The molecule has 0 unspecified atom stereocenters. The molecule has 4 N–H and O–H groups in total. The molecule has 2 rings (SSSR count). The number of H-pyrrole nitrogens is 1. The molecular formula is C10H13N3O6. The van der Waals surface area contributed by atoms with Crippen LogP contribution in [-0.4, -0.2) is 50.0 Å². The van der Waals surface area contributed by atoms with Crippen molar-refractivity contribution >= 4 is 6.21 Å². The van der Waals surface area contributed by atoms with E-state index < -0.39 is 29.7 Å². The van der Waals surface area contributed by atoms with Gasteiger partial charge in [-0.3, -0.25) is 14.3 Å². The molecular weight excluding hydrogens is 258 g/mol. The van der Waals surface area contributed by atoms with Crippen LogP contribution in [0.25, 0.3) is 0 Å². The summed E-state index contributed by atoms with van der Waals surface area (Å²) in [5.74, 6) is 0. The van der Waals surface area contributed by atoms with E-state index in [0.29, 0.717) is 0 Å². The van der Waals surface area contributed by atoms with Gasteiger partial charge in [0, 0.05) is 12.6 Å². The molecule has 1 aliphatic heterocycles. The van der Waals surface area contributed by atoms with Crippen molar-refractivity contribution in [1.82, 2.24) is 9.55 Å². The zero-order valence-electron chi connectivity index (χ0n) is 9.76. The van der Waals surface area contributed by atoms with Crippen LogP contribution in [0.1, 0.15) is 18.2 Å². The highest BCUT2D eigenvalue weighted by molar-refractivity contribution is 5.77. The van der Waals surface area contributed by atoms with Crippen LogP contribution in [-0.2, 0) is 4.74 Å². The quantitative estimate of drug-likeness (QED) is 0.284. The van der Waals surface area contributed by atoms with Gasteiger partial charge in [-0.25, -0.2) is 4.79 Å². The first-order valence-electron chi connectivity index (χ1n) is 5.54. The summed E-state index contributed by atoms with van der Waals surface area (Å²) in [6, 6.07) is 0. The highest BCUT2D eigenvalue weighted by Crippen LogP contribution is 2.27. The Labute approximate surface area is 106 Å². The first kappa shape index (κ1) is 13.5. The Morgan fingerprint density at radius 2 is 2.32 bits per heavy atom. The normalized spacial score (nSPS) is 27.2. The topological polar surface area (TPSA) is 137 Å². The molecule has 0 bridgehead atoms. The molecule has 1 aromatic rings. The van der Waals surface area contributed by atoms with Gasteiger partial charge in [-0.1, -0.05) is 5.16 Å². The minimum Gasteiger partial charge on any atom is -0.411 e. The molecule has 0 spiro atoms. The number of aromatic nitrogens is 2. The standard InChI is InChI=1S/C10H13N3O6/c14-4-7-6(15)1-8(19-7)13-3-5(2-11-18)9(16)12-10(13)17/h2-3,6-8,14-15,18H,1,4H2,(H,12,16,17)/b11-2+/t6-,7+,8+/m0/s1. The van der Waals surface area contributed by atoms with Gasteiger partial charge in [0.15, 0.2) is 0 Å². The fourth-order valence-corrected chi connectivity index (χ4v) is 1.92. The minimum absolute atomic E-state index is 0.0346. The summed E-state index contributed by atoms with van der Waals surface area (Å²) in [6.45, 7) is -0.374. The summed E-state index contributed by atoms with van der Waals surface area (Å²) in [4.78, 5) is 25.1. The zero-order valence-corrected chi connectivity index (χ0v) is 9.76. The van der Waals surface area contributed by atoms with Crippen LogP contribution in [0.4, 0.5) is 0 Å². The van der Waals surface area contributed by atoms with Gasteiger partial charge in [0.05, 0.1) is 24.5 Å². The number of rotatable bonds is 3. The van der Waals surface area contributed by atoms with Gasteiger partial charge < -0.3 is 20.2 Å². The smallest absolute Gasteiger partial charge is 0.330 e. The Hall–Kier alpha value is -1.97. The Balaban J connectivity index is 2.38. The monoisotopic (exact) mass is 271 g/mol. The van der Waals surface area contributed by atoms with Gasteiger partial charge >= 0.3 is 5.69 Å². The van der Waals surface area contributed by atoms with E-state index in [9.17, 15) is 14.7 Å². The average Bonchev–Trinajstić information content (AvgIpc) is 2.74. The van der Waals surface area contributed by atoms with E-state index in [2.05, 4.69) is 5.16 Å². The van der Waals surface area contributed by atoms with Crippen molar-refractivity contribution in [2.75, 3.05) is 6.61 Å². The van der Waals surface area contributed by atoms with Crippen LogP contribution in [0.15, 0.2) is 20.9 Å². The molecule has 0 aliphatic carbocycles. The maximum Gasteiger partial charge on any atom is 0.330 e. The number of aliphatic hydroxyl groups excluding tert-OH is 2. The summed E-state index contributed by atoms with van der Waals surface area (Å²) in [6.07, 6.45) is -0.334. The van der Waals surface area contributed by atoms with E-state index >= 15 is 0 Å². The Morgan fingerprint density at radius 3 is 2.89 bits per heavy atom. The molecule has 0 saturated carbocycles. The molecule has 3 atom stereocenters. The highest BCUT2D eigenvalue weighted by atomic mass is 16.5. The third-order valence-corrected chi connectivity index (χ3v) is 2.89. The highest BCUT2D eigenvalue weighted by Gasteiger charge is 2.35. The molecule has 0 amide bonds. The summed E-state index contributed by atoms with van der Waals surface area (Å²) in [5.41, 5.74) is -1.44. The Kier molecular flexibility index (Phi) is 3.79. The first-order chi connectivity index (χ1) is 9.06. The lowest BCUT2D eigenvalue weighted by Crippen LogP contribution is -2.34. The van der Waals surface area contributed by atoms with E-state index in [-0.39, 0.29) is 18.6 Å². The first-order valence-corrected chi connectivity index (χ1v) is 5.54. The second-order valence-corrected chi connectivity index (χ2v) is 4.11. The van der Waals surface area contributed by atoms with Crippen LogP contribution in [0.5, 0.6) is 0 Å². The predicted molar refractivity (Wildman–Crippen MR) is 62.3 cm³/mol. The van der Waals surface area contributed by atoms with Crippen LogP contribution >= 0.6 is 0 Å². The maximum atomic E-state index is 11.7. The average molecular weight is 271 g/mol. The van der Waals surface area contributed by atoms with Gasteiger partial charge in [0.25, 0.3) is 5.56 Å². The van der Waals surface area contributed by atoms with Crippen molar-refractivity contribution in [3.05, 3.63) is 32.6 Å². The molecule has 0 aromatic carbocycles. The van der Waals surface area contributed by atoms with Gasteiger partial charge in [-0.15, -0.1) is 0 Å². The Morgan fingerprint density at radius 1 is 1.58 bits per heavy atom. The fourth-order valence-electron chi connectivity index (χ4n) is 1.92. The SMILES string of the molecule is O=c1[nH]c(=O)n([C@H]2C[C@H](O)[C@@H](CO)O2)cc1/C=N/O. The lowest BCUT2D eigenvalue weighted by molar-refractivity contribution is -0.0459. The third-order valence-electron chi connectivity index (χ3n) is 2.89. The summed E-state index contributed by atoms with van der Waals surface area (Å²) >= 11 is 0. The second-order valence-electron chi connectivity index (χ2n) is 4.11. The van der Waals surface area contributed by atoms with Crippen molar-refractivity contribution in [2.45, 2.75) is 24.9 Å². The molecule has 9 heteroatoms. The minimum atomic E-state index is -0.899. The van der Waals surface area contributed by atoms with Crippen molar-refractivity contribution in [3.8, 4) is 0 Å². The zero-order chi connectivity index (χ0) is 14.0. The van der Waals surface area contributed by atoms with E-state index in [0.717, 1.165) is 17.0 Å². The second kappa shape index (κ2) is 5.34. The number of ether oxygens (including phenoxy) is 1. The molecule has 2 heterocycles. The van der Waals surface area contributed by atoms with E-state index in [1.807, 2.05) is 4.98 Å². The number of hydrogen-bond acceptors (Lipinski definition) is 7. The van der Waals surface area contributed by atoms with Crippen molar-refractivity contribution in [3.63, 3.8) is 0 Å². The van der Waals surface area contributed by atoms with Crippen molar-refractivity contribution < 1.29 is 20.2 Å². The van der Waals surface area contributed by atoms with Crippen LogP contribution in [0.3, 0.4) is 0 Å². The molecule has 104 valence electrons. The van der Waals surface area contributed by atoms with Crippen molar-refractivity contribution in [1.29, 1.82) is 0 Å². The fraction of sp³-hybridized carbons (Fsp3) is 0.500. The largest absolute Gasteiger partial charge is 0.411 e. The van der Waals surface area contributed by atoms with Gasteiger partial charge in [-0.05, 0) is 0 Å². The molecule has 1 aliphatic rings. The molecule has 19 heavy (non-hydrogen) atoms. The van der Waals surface area contributed by atoms with Crippen LogP contribution < -0.4 is 11.2 Å². The lowest BCUT2D eigenvalue weighted by atomic mass is 10.2. The number of oxime groups is 1.